The molecule has 0 saturated heterocycles. The lowest BCUT2D eigenvalue weighted by atomic mass is 10.0. The van der Waals surface area contributed by atoms with E-state index in [9.17, 15) is 13.5 Å². The fourth-order valence-electron chi connectivity index (χ4n) is 2.01. The summed E-state index contributed by atoms with van der Waals surface area (Å²) in [4.78, 5) is 0.123. The molecule has 0 saturated carbocycles. The predicted octanol–water partition coefficient (Wildman–Crippen LogP) is 3.03. The number of hydrogen-bond acceptors (Lipinski definition) is 4. The zero-order valence-electron chi connectivity index (χ0n) is 12.5. The van der Waals surface area contributed by atoms with Crippen LogP contribution in [0.1, 0.15) is 32.3 Å². The van der Waals surface area contributed by atoms with Crippen LogP contribution in [-0.2, 0) is 16.6 Å². The number of aliphatic hydroxyl groups is 1. The smallest absolute Gasteiger partial charge is 0.240 e. The van der Waals surface area contributed by atoms with Gasteiger partial charge >= 0.3 is 0 Å². The van der Waals surface area contributed by atoms with Crippen molar-refractivity contribution in [2.75, 3.05) is 12.8 Å². The number of halogens is 1. The molecule has 2 N–H and O–H groups in total. The summed E-state index contributed by atoms with van der Waals surface area (Å²) in [6.07, 6.45) is 3.76. The van der Waals surface area contributed by atoms with Gasteiger partial charge in [0.1, 0.15) is 0 Å². The minimum Gasteiger partial charge on any atom is -0.392 e. The van der Waals surface area contributed by atoms with E-state index in [-0.39, 0.29) is 16.2 Å². The Balaban J connectivity index is 2.97. The maximum atomic E-state index is 12.4. The molecule has 1 rings (SSSR count). The largest absolute Gasteiger partial charge is 0.392 e. The molecule has 7 heteroatoms. The summed E-state index contributed by atoms with van der Waals surface area (Å²) < 4.78 is 27.3. The van der Waals surface area contributed by atoms with Crippen molar-refractivity contribution in [2.45, 2.75) is 42.9 Å². The van der Waals surface area contributed by atoms with Crippen molar-refractivity contribution >= 4 is 33.4 Å². The third kappa shape index (κ3) is 4.60. The van der Waals surface area contributed by atoms with Crippen molar-refractivity contribution in [3.8, 4) is 0 Å². The van der Waals surface area contributed by atoms with Crippen LogP contribution in [0.15, 0.2) is 23.1 Å². The Morgan fingerprint density at radius 2 is 1.95 bits per heavy atom. The molecule has 0 amide bonds. The predicted molar refractivity (Wildman–Crippen MR) is 89.4 cm³/mol. The lowest BCUT2D eigenvalue weighted by molar-refractivity contribution is 0.281. The molecule has 0 unspecified atom stereocenters. The van der Waals surface area contributed by atoms with Gasteiger partial charge in [-0.1, -0.05) is 25.4 Å². The van der Waals surface area contributed by atoms with Crippen LogP contribution in [-0.4, -0.2) is 31.1 Å². The highest BCUT2D eigenvalue weighted by Gasteiger charge is 2.27. The molecule has 0 aliphatic heterocycles. The molecule has 21 heavy (non-hydrogen) atoms. The Kier molecular flexibility index (Phi) is 7.00. The Hall–Kier alpha value is -0.270. The van der Waals surface area contributed by atoms with Gasteiger partial charge in [-0.15, -0.1) is 0 Å². The van der Waals surface area contributed by atoms with Crippen molar-refractivity contribution in [3.63, 3.8) is 0 Å². The van der Waals surface area contributed by atoms with E-state index in [0.29, 0.717) is 17.1 Å². The van der Waals surface area contributed by atoms with E-state index >= 15 is 0 Å². The molecule has 0 aliphatic rings. The summed E-state index contributed by atoms with van der Waals surface area (Å²) in [5.41, 5.74) is 0.404. The van der Waals surface area contributed by atoms with E-state index in [1.807, 2.05) is 6.26 Å². The third-order valence-corrected chi connectivity index (χ3v) is 7.16. The van der Waals surface area contributed by atoms with Crippen LogP contribution < -0.4 is 4.72 Å². The molecular weight excluding hydrogens is 330 g/mol. The second-order valence-corrected chi connectivity index (χ2v) is 8.28. The summed E-state index contributed by atoms with van der Waals surface area (Å²) in [5.74, 6) is 0. The quantitative estimate of drug-likeness (QED) is 0.755. The molecule has 0 atom stereocenters. The first-order valence-corrected chi connectivity index (χ1v) is 9.87. The van der Waals surface area contributed by atoms with Crippen LogP contribution in [0.3, 0.4) is 0 Å². The SMILES string of the molecule is CCC(CC)(CNS(=O)(=O)c1ccc(Cl)c(CO)c1)SC. The van der Waals surface area contributed by atoms with Crippen molar-refractivity contribution in [1.29, 1.82) is 0 Å². The number of thioether (sulfide) groups is 1. The molecule has 1 aromatic carbocycles. The minimum absolute atomic E-state index is 0.0979. The van der Waals surface area contributed by atoms with Gasteiger partial charge in [-0.3, -0.25) is 0 Å². The fraction of sp³-hybridized carbons (Fsp3) is 0.571. The number of nitrogens with one attached hydrogen (secondary N) is 1. The Morgan fingerprint density at radius 3 is 2.43 bits per heavy atom. The van der Waals surface area contributed by atoms with Crippen LogP contribution >= 0.6 is 23.4 Å². The highest BCUT2D eigenvalue weighted by Crippen LogP contribution is 2.30. The van der Waals surface area contributed by atoms with Gasteiger partial charge in [0.15, 0.2) is 0 Å². The molecule has 0 aliphatic carbocycles. The second kappa shape index (κ2) is 7.83. The van der Waals surface area contributed by atoms with Gasteiger partial charge in [-0.05, 0) is 42.9 Å². The second-order valence-electron chi connectivity index (χ2n) is 4.83. The van der Waals surface area contributed by atoms with Gasteiger partial charge in [-0.2, -0.15) is 11.8 Å². The molecule has 120 valence electrons. The van der Waals surface area contributed by atoms with Crippen molar-refractivity contribution < 1.29 is 13.5 Å². The fourth-order valence-corrected chi connectivity index (χ4v) is 4.25. The highest BCUT2D eigenvalue weighted by atomic mass is 35.5. The molecule has 0 radical (unpaired) electrons. The summed E-state index contributed by atoms with van der Waals surface area (Å²) >= 11 is 7.56. The van der Waals surface area contributed by atoms with Crippen LogP contribution in [0.4, 0.5) is 0 Å². The normalized spacial score (nSPS) is 12.6. The van der Waals surface area contributed by atoms with Gasteiger partial charge in [0.25, 0.3) is 0 Å². The lowest BCUT2D eigenvalue weighted by Crippen LogP contribution is -2.39. The number of aliphatic hydroxyl groups excluding tert-OH is 1. The Labute approximate surface area is 136 Å². The highest BCUT2D eigenvalue weighted by molar-refractivity contribution is 8.00. The summed E-state index contributed by atoms with van der Waals surface area (Å²) in [5, 5.41) is 9.54. The van der Waals surface area contributed by atoms with E-state index < -0.39 is 10.0 Å². The molecular formula is C14H22ClNO3S2. The number of benzene rings is 1. The standard InChI is InChI=1S/C14H22ClNO3S2/c1-4-14(5-2,20-3)10-16-21(18,19)12-6-7-13(15)11(8-12)9-17/h6-8,16-17H,4-5,9-10H2,1-3H3. The summed E-state index contributed by atoms with van der Waals surface area (Å²) in [6, 6.07) is 4.34. The number of hydrogen-bond donors (Lipinski definition) is 2. The number of sulfonamides is 1. The van der Waals surface area contributed by atoms with Crippen LogP contribution in [0.2, 0.25) is 5.02 Å². The third-order valence-electron chi connectivity index (χ3n) is 3.80. The summed E-state index contributed by atoms with van der Waals surface area (Å²) in [6.45, 7) is 4.20. The first kappa shape index (κ1) is 18.8. The van der Waals surface area contributed by atoms with Gasteiger partial charge in [0.05, 0.1) is 11.5 Å². The lowest BCUT2D eigenvalue weighted by Gasteiger charge is -2.29. The maximum absolute atomic E-state index is 12.4. The van der Waals surface area contributed by atoms with E-state index in [4.69, 9.17) is 11.6 Å². The monoisotopic (exact) mass is 351 g/mol. The van der Waals surface area contributed by atoms with E-state index in [1.165, 1.54) is 18.2 Å². The van der Waals surface area contributed by atoms with Crippen LogP contribution in [0.25, 0.3) is 0 Å². The van der Waals surface area contributed by atoms with Gasteiger partial charge in [0, 0.05) is 16.3 Å². The maximum Gasteiger partial charge on any atom is 0.240 e. The summed E-state index contributed by atoms with van der Waals surface area (Å²) in [7, 11) is -3.61. The van der Waals surface area contributed by atoms with Crippen molar-refractivity contribution in [2.24, 2.45) is 0 Å². The topological polar surface area (TPSA) is 66.4 Å². The van der Waals surface area contributed by atoms with E-state index in [2.05, 4.69) is 18.6 Å². The first-order valence-electron chi connectivity index (χ1n) is 6.78. The molecule has 0 bridgehead atoms. The zero-order chi connectivity index (χ0) is 16.1. The first-order chi connectivity index (χ1) is 9.84. The zero-order valence-corrected chi connectivity index (χ0v) is 14.9. The van der Waals surface area contributed by atoms with E-state index in [1.54, 1.807) is 11.8 Å². The van der Waals surface area contributed by atoms with Crippen LogP contribution in [0.5, 0.6) is 0 Å². The van der Waals surface area contributed by atoms with Gasteiger partial charge in [0.2, 0.25) is 10.0 Å². The average Bonchev–Trinajstić information content (AvgIpc) is 2.49. The average molecular weight is 352 g/mol. The molecule has 0 aromatic heterocycles. The minimum atomic E-state index is -3.61. The molecule has 0 fully saturated rings. The van der Waals surface area contributed by atoms with Gasteiger partial charge < -0.3 is 5.11 Å². The van der Waals surface area contributed by atoms with Crippen molar-refractivity contribution in [1.82, 2.24) is 4.72 Å². The van der Waals surface area contributed by atoms with E-state index in [0.717, 1.165) is 12.8 Å². The van der Waals surface area contributed by atoms with Crippen LogP contribution in [0, 0.1) is 0 Å². The number of rotatable bonds is 8. The Morgan fingerprint density at radius 1 is 1.33 bits per heavy atom. The van der Waals surface area contributed by atoms with Gasteiger partial charge in [-0.25, -0.2) is 13.1 Å². The Bertz CT molecular complexity index is 563. The molecule has 1 aromatic rings. The molecule has 0 spiro atoms. The van der Waals surface area contributed by atoms with Crippen molar-refractivity contribution in [3.05, 3.63) is 28.8 Å². The molecule has 4 nitrogen and oxygen atoms in total. The molecule has 0 heterocycles.